The monoisotopic (exact) mass is 553 g/mol. The van der Waals surface area contributed by atoms with Crippen molar-refractivity contribution in [2.45, 2.75) is 58.5 Å². The molecule has 7 nitrogen and oxygen atoms in total. The number of rotatable bonds is 11. The number of benzene rings is 3. The normalized spacial score (nSPS) is 12.1. The molecular formula is C30H36FN3O4S. The summed E-state index contributed by atoms with van der Waals surface area (Å²) in [4.78, 5) is 28.2. The molecule has 0 fully saturated rings. The highest BCUT2D eigenvalue weighted by atomic mass is 32.2. The largest absolute Gasteiger partial charge is 0.354 e. The number of hydrogen-bond acceptors (Lipinski definition) is 4. The third-order valence-corrected chi connectivity index (χ3v) is 8.28. The molecule has 0 aromatic heterocycles. The van der Waals surface area contributed by atoms with Crippen LogP contribution in [0.2, 0.25) is 0 Å². The first-order chi connectivity index (χ1) is 18.4. The quantitative estimate of drug-likeness (QED) is 0.366. The van der Waals surface area contributed by atoms with Crippen molar-refractivity contribution in [2.75, 3.05) is 17.4 Å². The molecular weight excluding hydrogens is 517 g/mol. The number of sulfonamides is 1. The van der Waals surface area contributed by atoms with Crippen LogP contribution < -0.4 is 9.62 Å². The maximum Gasteiger partial charge on any atom is 0.264 e. The van der Waals surface area contributed by atoms with Crippen molar-refractivity contribution in [3.8, 4) is 0 Å². The average molecular weight is 554 g/mol. The summed E-state index contributed by atoms with van der Waals surface area (Å²) in [5.41, 5.74) is 3.42. The fraction of sp³-hybridized carbons (Fsp3) is 0.333. The molecule has 1 N–H and O–H groups in total. The van der Waals surface area contributed by atoms with E-state index < -0.39 is 34.3 Å². The Kier molecular flexibility index (Phi) is 9.86. The highest BCUT2D eigenvalue weighted by molar-refractivity contribution is 7.92. The van der Waals surface area contributed by atoms with Crippen molar-refractivity contribution in [1.29, 1.82) is 0 Å². The summed E-state index contributed by atoms with van der Waals surface area (Å²) >= 11 is 0. The molecule has 0 aliphatic heterocycles. The second kappa shape index (κ2) is 12.9. The summed E-state index contributed by atoms with van der Waals surface area (Å²) in [6.45, 7) is 8.95. The number of aryl methyl sites for hydroxylation is 3. The van der Waals surface area contributed by atoms with Gasteiger partial charge in [-0.25, -0.2) is 12.8 Å². The first-order valence-corrected chi connectivity index (χ1v) is 14.4. The van der Waals surface area contributed by atoms with Crippen LogP contribution in [0.5, 0.6) is 0 Å². The van der Waals surface area contributed by atoms with Crippen molar-refractivity contribution in [1.82, 2.24) is 10.2 Å². The first-order valence-electron chi connectivity index (χ1n) is 12.9. The van der Waals surface area contributed by atoms with Gasteiger partial charge in [-0.3, -0.25) is 13.9 Å². The van der Waals surface area contributed by atoms with Crippen molar-refractivity contribution in [2.24, 2.45) is 0 Å². The summed E-state index contributed by atoms with van der Waals surface area (Å²) < 4.78 is 42.5. The van der Waals surface area contributed by atoms with Gasteiger partial charge in [-0.2, -0.15) is 0 Å². The van der Waals surface area contributed by atoms with Crippen molar-refractivity contribution < 1.29 is 22.4 Å². The topological polar surface area (TPSA) is 86.8 Å². The first kappa shape index (κ1) is 29.8. The lowest BCUT2D eigenvalue weighted by molar-refractivity contribution is -0.139. The number of anilines is 1. The number of carbonyl (C=O) groups excluding carboxylic acids is 2. The van der Waals surface area contributed by atoms with Crippen molar-refractivity contribution >= 4 is 27.5 Å². The van der Waals surface area contributed by atoms with E-state index in [1.807, 2.05) is 32.9 Å². The fourth-order valence-electron chi connectivity index (χ4n) is 4.10. The number of halogens is 1. The second-order valence-electron chi connectivity index (χ2n) is 9.73. The van der Waals surface area contributed by atoms with Crippen molar-refractivity contribution in [3.05, 3.63) is 94.8 Å². The minimum Gasteiger partial charge on any atom is -0.354 e. The van der Waals surface area contributed by atoms with Crippen LogP contribution in [0.15, 0.2) is 71.6 Å². The maximum absolute atomic E-state index is 13.9. The summed E-state index contributed by atoms with van der Waals surface area (Å²) in [6, 6.07) is 16.6. The molecule has 0 saturated carbocycles. The van der Waals surface area contributed by atoms with Gasteiger partial charge in [0.1, 0.15) is 18.4 Å². The fourth-order valence-corrected chi connectivity index (χ4v) is 5.57. The molecule has 9 heteroatoms. The van der Waals surface area contributed by atoms with Crippen LogP contribution in [0.25, 0.3) is 0 Å². The third-order valence-electron chi connectivity index (χ3n) is 6.50. The van der Waals surface area contributed by atoms with Gasteiger partial charge in [0.2, 0.25) is 11.8 Å². The van der Waals surface area contributed by atoms with Crippen LogP contribution >= 0.6 is 0 Å². The molecule has 208 valence electrons. The SMILES string of the molecule is CCCNC(=O)[C@H](C)N(Cc1ccc(F)cc1)C(=O)CN(c1cc(C)ccc1C)S(=O)(=O)c1ccc(C)cc1. The Bertz CT molecular complexity index is 1410. The highest BCUT2D eigenvalue weighted by Crippen LogP contribution is 2.28. The van der Waals surface area contributed by atoms with E-state index in [2.05, 4.69) is 5.32 Å². The van der Waals surface area contributed by atoms with Gasteiger partial charge in [0.15, 0.2) is 0 Å². The second-order valence-corrected chi connectivity index (χ2v) is 11.6. The van der Waals surface area contributed by atoms with E-state index in [9.17, 15) is 22.4 Å². The van der Waals surface area contributed by atoms with E-state index in [0.29, 0.717) is 23.4 Å². The predicted molar refractivity (Wildman–Crippen MR) is 151 cm³/mol. The third kappa shape index (κ3) is 7.44. The lowest BCUT2D eigenvalue weighted by Crippen LogP contribution is -2.51. The molecule has 0 saturated heterocycles. The molecule has 0 bridgehead atoms. The zero-order valence-electron chi connectivity index (χ0n) is 23.1. The van der Waals surface area contributed by atoms with Gasteiger partial charge < -0.3 is 10.2 Å². The highest BCUT2D eigenvalue weighted by Gasteiger charge is 2.33. The Balaban J connectivity index is 2.05. The van der Waals surface area contributed by atoms with Crippen LogP contribution in [0.4, 0.5) is 10.1 Å². The summed E-state index contributed by atoms with van der Waals surface area (Å²) in [5, 5.41) is 2.80. The van der Waals surface area contributed by atoms with E-state index >= 15 is 0 Å². The van der Waals surface area contributed by atoms with Crippen LogP contribution in [-0.2, 0) is 26.2 Å². The Morgan fingerprint density at radius 2 is 1.54 bits per heavy atom. The number of nitrogens with one attached hydrogen (secondary N) is 1. The van der Waals surface area contributed by atoms with Gasteiger partial charge in [0, 0.05) is 13.1 Å². The Morgan fingerprint density at radius 3 is 2.15 bits per heavy atom. The van der Waals surface area contributed by atoms with Crippen molar-refractivity contribution in [3.63, 3.8) is 0 Å². The lowest BCUT2D eigenvalue weighted by Gasteiger charge is -2.32. The summed E-state index contributed by atoms with van der Waals surface area (Å²) in [7, 11) is -4.14. The molecule has 0 radical (unpaired) electrons. The van der Waals surface area contributed by atoms with E-state index in [1.165, 1.54) is 41.3 Å². The number of nitrogens with zero attached hydrogens (tertiary/aromatic N) is 2. The zero-order valence-corrected chi connectivity index (χ0v) is 23.9. The molecule has 0 heterocycles. The Hall–Kier alpha value is -3.72. The molecule has 1 atom stereocenters. The van der Waals surface area contributed by atoms with Gasteiger partial charge >= 0.3 is 0 Å². The molecule has 2 amide bonds. The van der Waals surface area contributed by atoms with E-state index in [4.69, 9.17) is 0 Å². The molecule has 0 aliphatic carbocycles. The maximum atomic E-state index is 13.9. The molecule has 0 aliphatic rings. The molecule has 0 spiro atoms. The lowest BCUT2D eigenvalue weighted by atomic mass is 10.1. The van der Waals surface area contributed by atoms with Gasteiger partial charge in [-0.1, -0.05) is 48.9 Å². The van der Waals surface area contributed by atoms with Gasteiger partial charge in [0.05, 0.1) is 10.6 Å². The van der Waals surface area contributed by atoms with E-state index in [1.54, 1.807) is 32.0 Å². The van der Waals surface area contributed by atoms with Gasteiger partial charge in [-0.05, 0) is 81.1 Å². The van der Waals surface area contributed by atoms with Gasteiger partial charge in [-0.15, -0.1) is 0 Å². The van der Waals surface area contributed by atoms with Crippen LogP contribution in [0.3, 0.4) is 0 Å². The zero-order chi connectivity index (χ0) is 28.7. The minimum atomic E-state index is -4.14. The molecule has 39 heavy (non-hydrogen) atoms. The smallest absolute Gasteiger partial charge is 0.264 e. The van der Waals surface area contributed by atoms with Crippen LogP contribution in [0.1, 0.15) is 42.5 Å². The van der Waals surface area contributed by atoms with E-state index in [0.717, 1.165) is 21.9 Å². The number of carbonyl (C=O) groups is 2. The molecule has 3 aromatic rings. The number of amides is 2. The summed E-state index contributed by atoms with van der Waals surface area (Å²) in [5.74, 6) is -1.34. The molecule has 3 aromatic carbocycles. The number of hydrogen-bond donors (Lipinski definition) is 1. The standard InChI is InChI=1S/C30H36FN3O4S/c1-6-17-32-30(36)24(5)33(19-25-11-13-26(31)14-12-25)29(35)20-34(28-18-22(3)7-10-23(28)4)39(37,38)27-15-8-21(2)9-16-27/h7-16,18,24H,6,17,19-20H2,1-5H3,(H,32,36)/t24-/m0/s1. The molecule has 3 rings (SSSR count). The van der Waals surface area contributed by atoms with Crippen LogP contribution in [-0.4, -0.2) is 44.3 Å². The minimum absolute atomic E-state index is 0.00500. The summed E-state index contributed by atoms with van der Waals surface area (Å²) in [6.07, 6.45) is 0.722. The Labute approximate surface area is 230 Å². The molecule has 0 unspecified atom stereocenters. The average Bonchev–Trinajstić information content (AvgIpc) is 2.91. The van der Waals surface area contributed by atoms with Crippen LogP contribution in [0, 0.1) is 26.6 Å². The van der Waals surface area contributed by atoms with E-state index in [-0.39, 0.29) is 17.3 Å². The van der Waals surface area contributed by atoms with Gasteiger partial charge in [0.25, 0.3) is 10.0 Å². The Morgan fingerprint density at radius 1 is 0.923 bits per heavy atom. The predicted octanol–water partition coefficient (Wildman–Crippen LogP) is 4.89.